The quantitative estimate of drug-likeness (QED) is 0.863. The summed E-state index contributed by atoms with van der Waals surface area (Å²) in [4.78, 5) is 4.04. The van der Waals surface area contributed by atoms with Crippen molar-refractivity contribution in [3.05, 3.63) is 24.0 Å². The van der Waals surface area contributed by atoms with Crippen molar-refractivity contribution in [2.24, 2.45) is 0 Å². The van der Waals surface area contributed by atoms with E-state index in [0.29, 0.717) is 5.69 Å². The molecule has 100 valence electrons. The molecule has 0 aromatic carbocycles. The van der Waals surface area contributed by atoms with Crippen LogP contribution in [0.15, 0.2) is 18.3 Å². The van der Waals surface area contributed by atoms with Crippen molar-refractivity contribution in [3.8, 4) is 0 Å². The first kappa shape index (κ1) is 13.3. The van der Waals surface area contributed by atoms with Crippen LogP contribution in [0.4, 0.5) is 5.69 Å². The average molecular weight is 269 g/mol. The van der Waals surface area contributed by atoms with Crippen LogP contribution in [-0.4, -0.2) is 31.7 Å². The Hall–Kier alpha value is -1.14. The highest BCUT2D eigenvalue weighted by Crippen LogP contribution is 2.13. The highest BCUT2D eigenvalue weighted by Gasteiger charge is 2.20. The van der Waals surface area contributed by atoms with Crippen molar-refractivity contribution in [1.29, 1.82) is 0 Å². The Bertz CT molecular complexity index is 496. The van der Waals surface area contributed by atoms with Gasteiger partial charge in [-0.2, -0.15) is 0 Å². The van der Waals surface area contributed by atoms with Crippen LogP contribution in [0.1, 0.15) is 25.0 Å². The maximum absolute atomic E-state index is 12.0. The number of aryl methyl sites for hydroxylation is 1. The number of sulfonamides is 1. The van der Waals surface area contributed by atoms with Crippen molar-refractivity contribution in [3.63, 3.8) is 0 Å². The summed E-state index contributed by atoms with van der Waals surface area (Å²) in [6, 6.07) is 3.46. The Morgan fingerprint density at radius 2 is 2.33 bits per heavy atom. The summed E-state index contributed by atoms with van der Waals surface area (Å²) in [7, 11) is -3.29. The lowest BCUT2D eigenvalue weighted by Crippen LogP contribution is -2.40. The van der Waals surface area contributed by atoms with Gasteiger partial charge in [0.2, 0.25) is 10.0 Å². The predicted octanol–water partition coefficient (Wildman–Crippen LogP) is 1.27. The topological polar surface area (TPSA) is 71.1 Å². The third kappa shape index (κ3) is 3.96. The molecule has 0 amide bonds. The summed E-state index contributed by atoms with van der Waals surface area (Å²) >= 11 is 0. The molecule has 1 aliphatic heterocycles. The standard InChI is InChI=1S/C12H19N3O2S/c1-10-8-11(5-7-13-10)15-18(16,17)9-12-4-2-3-6-14-12/h5,7-8,12,14H,2-4,6,9H2,1H3,(H,13,15). The Morgan fingerprint density at radius 1 is 1.50 bits per heavy atom. The van der Waals surface area contributed by atoms with Crippen molar-refractivity contribution in [2.75, 3.05) is 17.0 Å². The van der Waals surface area contributed by atoms with Gasteiger partial charge in [0.25, 0.3) is 0 Å². The molecule has 2 rings (SSSR count). The molecular weight excluding hydrogens is 250 g/mol. The number of rotatable bonds is 4. The molecule has 1 aromatic heterocycles. The normalized spacial score (nSPS) is 20.6. The van der Waals surface area contributed by atoms with Gasteiger partial charge in [-0.15, -0.1) is 0 Å². The number of nitrogens with one attached hydrogen (secondary N) is 2. The molecule has 0 spiro atoms. The van der Waals surface area contributed by atoms with Gasteiger partial charge in [-0.25, -0.2) is 8.42 Å². The predicted molar refractivity (Wildman–Crippen MR) is 72.0 cm³/mol. The first-order chi connectivity index (χ1) is 8.55. The second kappa shape index (κ2) is 5.67. The Balaban J connectivity index is 1.98. The van der Waals surface area contributed by atoms with E-state index in [1.165, 1.54) is 0 Å². The van der Waals surface area contributed by atoms with Gasteiger partial charge in [-0.05, 0) is 38.4 Å². The van der Waals surface area contributed by atoms with Gasteiger partial charge in [-0.1, -0.05) is 6.42 Å². The molecule has 0 radical (unpaired) electrons. The molecule has 1 atom stereocenters. The SMILES string of the molecule is Cc1cc(NS(=O)(=O)CC2CCCCN2)ccn1. The molecule has 1 aliphatic rings. The minimum Gasteiger partial charge on any atom is -0.313 e. The monoisotopic (exact) mass is 269 g/mol. The number of aromatic nitrogens is 1. The van der Waals surface area contributed by atoms with Gasteiger partial charge in [0.1, 0.15) is 0 Å². The van der Waals surface area contributed by atoms with Crippen molar-refractivity contribution >= 4 is 15.7 Å². The second-order valence-electron chi connectivity index (χ2n) is 4.72. The van der Waals surface area contributed by atoms with Crippen molar-refractivity contribution < 1.29 is 8.42 Å². The molecule has 0 saturated carbocycles. The summed E-state index contributed by atoms with van der Waals surface area (Å²) in [5.74, 6) is 0.133. The van der Waals surface area contributed by atoms with Crippen LogP contribution in [0.5, 0.6) is 0 Å². The molecule has 1 fully saturated rings. The lowest BCUT2D eigenvalue weighted by atomic mass is 10.1. The van der Waals surface area contributed by atoms with E-state index in [1.807, 2.05) is 6.92 Å². The number of anilines is 1. The van der Waals surface area contributed by atoms with Gasteiger partial charge in [0, 0.05) is 17.9 Å². The minimum absolute atomic E-state index is 0.0687. The van der Waals surface area contributed by atoms with E-state index in [2.05, 4.69) is 15.0 Å². The molecular formula is C12H19N3O2S. The first-order valence-electron chi connectivity index (χ1n) is 6.22. The highest BCUT2D eigenvalue weighted by atomic mass is 32.2. The summed E-state index contributed by atoms with van der Waals surface area (Å²) < 4.78 is 26.6. The fourth-order valence-electron chi connectivity index (χ4n) is 2.16. The number of piperidine rings is 1. The number of hydrogen-bond acceptors (Lipinski definition) is 4. The van der Waals surface area contributed by atoms with Crippen LogP contribution < -0.4 is 10.0 Å². The van der Waals surface area contributed by atoms with Gasteiger partial charge in [0.05, 0.1) is 11.4 Å². The van der Waals surface area contributed by atoms with Crippen molar-refractivity contribution in [2.45, 2.75) is 32.2 Å². The molecule has 2 heterocycles. The van der Waals surface area contributed by atoms with Crippen LogP contribution in [0.2, 0.25) is 0 Å². The van der Waals surface area contributed by atoms with E-state index in [4.69, 9.17) is 0 Å². The van der Waals surface area contributed by atoms with Crippen LogP contribution in [0, 0.1) is 6.92 Å². The maximum atomic E-state index is 12.0. The van der Waals surface area contributed by atoms with Crippen molar-refractivity contribution in [1.82, 2.24) is 10.3 Å². The zero-order valence-corrected chi connectivity index (χ0v) is 11.3. The molecule has 1 unspecified atom stereocenters. The lowest BCUT2D eigenvalue weighted by molar-refractivity contribution is 0.424. The molecule has 0 bridgehead atoms. The summed E-state index contributed by atoms with van der Waals surface area (Å²) in [6.07, 6.45) is 4.76. The highest BCUT2D eigenvalue weighted by molar-refractivity contribution is 7.92. The average Bonchev–Trinajstić information content (AvgIpc) is 2.28. The zero-order chi connectivity index (χ0) is 13.0. The summed E-state index contributed by atoms with van der Waals surface area (Å²) in [5.41, 5.74) is 1.38. The number of nitrogens with zero attached hydrogens (tertiary/aromatic N) is 1. The van der Waals surface area contributed by atoms with Crippen LogP contribution in [0.25, 0.3) is 0 Å². The van der Waals surface area contributed by atoms with Crippen LogP contribution in [0.3, 0.4) is 0 Å². The second-order valence-corrected chi connectivity index (χ2v) is 6.48. The fourth-order valence-corrected chi connectivity index (χ4v) is 3.55. The van der Waals surface area contributed by atoms with E-state index in [-0.39, 0.29) is 11.8 Å². The van der Waals surface area contributed by atoms with Crippen LogP contribution in [-0.2, 0) is 10.0 Å². The lowest BCUT2D eigenvalue weighted by Gasteiger charge is -2.23. The smallest absolute Gasteiger partial charge is 0.234 e. The van der Waals surface area contributed by atoms with Gasteiger partial charge >= 0.3 is 0 Å². The maximum Gasteiger partial charge on any atom is 0.234 e. The molecule has 6 heteroatoms. The molecule has 18 heavy (non-hydrogen) atoms. The van der Waals surface area contributed by atoms with E-state index >= 15 is 0 Å². The molecule has 1 aromatic rings. The molecule has 1 saturated heterocycles. The zero-order valence-electron chi connectivity index (χ0n) is 10.5. The van der Waals surface area contributed by atoms with E-state index in [0.717, 1.165) is 31.5 Å². The summed E-state index contributed by atoms with van der Waals surface area (Å²) in [5, 5.41) is 3.24. The van der Waals surface area contributed by atoms with Gasteiger partial charge in [0.15, 0.2) is 0 Å². The number of hydrogen-bond donors (Lipinski definition) is 2. The van der Waals surface area contributed by atoms with Crippen LogP contribution >= 0.6 is 0 Å². The van der Waals surface area contributed by atoms with E-state index < -0.39 is 10.0 Å². The Labute approximate surface area is 108 Å². The van der Waals surface area contributed by atoms with Gasteiger partial charge in [-0.3, -0.25) is 9.71 Å². The van der Waals surface area contributed by atoms with E-state index in [1.54, 1.807) is 18.3 Å². The van der Waals surface area contributed by atoms with Gasteiger partial charge < -0.3 is 5.32 Å². The largest absolute Gasteiger partial charge is 0.313 e. The fraction of sp³-hybridized carbons (Fsp3) is 0.583. The Morgan fingerprint density at radius 3 is 3.00 bits per heavy atom. The first-order valence-corrected chi connectivity index (χ1v) is 7.87. The molecule has 5 nitrogen and oxygen atoms in total. The number of pyridine rings is 1. The third-order valence-electron chi connectivity index (χ3n) is 3.00. The summed E-state index contributed by atoms with van der Waals surface area (Å²) in [6.45, 7) is 2.75. The molecule has 2 N–H and O–H groups in total. The Kier molecular flexibility index (Phi) is 4.19. The minimum atomic E-state index is -3.29. The van der Waals surface area contributed by atoms with E-state index in [9.17, 15) is 8.42 Å². The molecule has 0 aliphatic carbocycles. The third-order valence-corrected chi connectivity index (χ3v) is 4.39.